The lowest BCUT2D eigenvalue weighted by Crippen LogP contribution is -2.53. The maximum absolute atomic E-state index is 12.9. The highest BCUT2D eigenvalue weighted by atomic mass is 32.2. The molecule has 4 aliphatic carbocycles. The largest absolute Gasteiger partial charge is 0.241 e. The smallest absolute Gasteiger partial charge is 0.208 e. The fourth-order valence-corrected chi connectivity index (χ4v) is 7.77. The summed E-state index contributed by atoms with van der Waals surface area (Å²) in [6.07, 6.45) is 6.74. The van der Waals surface area contributed by atoms with E-state index in [0.717, 1.165) is 34.8 Å². The number of hydrogen-bond acceptors (Lipinski definition) is 2. The van der Waals surface area contributed by atoms with Crippen molar-refractivity contribution in [2.45, 2.75) is 63.8 Å². The molecule has 0 radical (unpaired) electrons. The van der Waals surface area contributed by atoms with Crippen LogP contribution in [0.5, 0.6) is 0 Å². The first-order chi connectivity index (χ1) is 11.3. The molecule has 0 saturated heterocycles. The quantitative estimate of drug-likeness (QED) is 0.893. The number of sulfonamides is 1. The highest BCUT2D eigenvalue weighted by Gasteiger charge is 2.50. The average molecular weight is 348 g/mol. The van der Waals surface area contributed by atoms with Crippen LogP contribution in [0.3, 0.4) is 0 Å². The summed E-state index contributed by atoms with van der Waals surface area (Å²) in [5, 5.41) is 0. The Morgan fingerprint density at radius 3 is 2.12 bits per heavy atom. The van der Waals surface area contributed by atoms with Gasteiger partial charge in [-0.1, -0.05) is 17.7 Å². The molecule has 4 saturated carbocycles. The summed E-state index contributed by atoms with van der Waals surface area (Å²) in [5.74, 6) is 3.84. The van der Waals surface area contributed by atoms with Crippen molar-refractivity contribution in [1.82, 2.24) is 4.72 Å². The lowest BCUT2D eigenvalue weighted by Gasteiger charge is -2.56. The zero-order valence-corrected chi connectivity index (χ0v) is 15.8. The number of rotatable bonds is 4. The van der Waals surface area contributed by atoms with Crippen LogP contribution in [0.1, 0.15) is 50.2 Å². The third-order valence-electron chi connectivity index (χ3n) is 6.84. The third kappa shape index (κ3) is 2.82. The van der Waals surface area contributed by atoms with Gasteiger partial charge in [0.25, 0.3) is 0 Å². The normalized spacial score (nSPS) is 36.0. The minimum absolute atomic E-state index is 0.0331. The molecule has 0 unspecified atom stereocenters. The van der Waals surface area contributed by atoms with Crippen molar-refractivity contribution in [3.63, 3.8) is 0 Å². The van der Waals surface area contributed by atoms with Gasteiger partial charge < -0.3 is 0 Å². The topological polar surface area (TPSA) is 46.2 Å². The third-order valence-corrected chi connectivity index (χ3v) is 8.56. The fraction of sp³-hybridized carbons (Fsp3) is 0.700. The van der Waals surface area contributed by atoms with E-state index in [0.29, 0.717) is 10.8 Å². The number of hydrogen-bond donors (Lipinski definition) is 1. The highest BCUT2D eigenvalue weighted by Crippen LogP contribution is 2.57. The Morgan fingerprint density at radius 2 is 1.58 bits per heavy atom. The van der Waals surface area contributed by atoms with Gasteiger partial charge in [0.1, 0.15) is 0 Å². The molecule has 0 heterocycles. The Kier molecular flexibility index (Phi) is 4.04. The fourth-order valence-electron chi connectivity index (χ4n) is 6.27. The van der Waals surface area contributed by atoms with E-state index < -0.39 is 10.0 Å². The maximum Gasteiger partial charge on any atom is 0.241 e. The Labute approximate surface area is 146 Å². The van der Waals surface area contributed by atoms with Gasteiger partial charge in [0, 0.05) is 6.04 Å². The summed E-state index contributed by atoms with van der Waals surface area (Å²) in [6.45, 7) is 5.97. The molecule has 1 aromatic rings. The van der Waals surface area contributed by atoms with Crippen LogP contribution in [0.25, 0.3) is 0 Å². The van der Waals surface area contributed by atoms with Crippen LogP contribution < -0.4 is 4.72 Å². The number of aryl methyl sites for hydroxylation is 2. The molecular formula is C20H29NO2S. The van der Waals surface area contributed by atoms with Gasteiger partial charge in [0.15, 0.2) is 0 Å². The van der Waals surface area contributed by atoms with E-state index >= 15 is 0 Å². The molecule has 4 bridgehead atoms. The number of benzene rings is 1. The molecule has 4 fully saturated rings. The summed E-state index contributed by atoms with van der Waals surface area (Å²) in [6, 6.07) is 5.61. The first-order valence-electron chi connectivity index (χ1n) is 9.43. The lowest BCUT2D eigenvalue weighted by molar-refractivity contribution is -0.0463. The van der Waals surface area contributed by atoms with E-state index in [2.05, 4.69) is 11.6 Å². The molecular weight excluding hydrogens is 318 g/mol. The molecule has 1 atom stereocenters. The zero-order valence-electron chi connectivity index (χ0n) is 15.0. The Bertz CT molecular complexity index is 712. The summed E-state index contributed by atoms with van der Waals surface area (Å²) < 4.78 is 28.8. The van der Waals surface area contributed by atoms with Crippen molar-refractivity contribution < 1.29 is 8.42 Å². The summed E-state index contributed by atoms with van der Waals surface area (Å²) in [5.41, 5.74) is 1.93. The summed E-state index contributed by atoms with van der Waals surface area (Å²) in [7, 11) is -3.44. The van der Waals surface area contributed by atoms with Gasteiger partial charge in [-0.05, 0) is 94.1 Å². The first-order valence-corrected chi connectivity index (χ1v) is 10.9. The second kappa shape index (κ2) is 5.84. The maximum atomic E-state index is 12.9. The van der Waals surface area contributed by atoms with Crippen LogP contribution in [-0.4, -0.2) is 14.5 Å². The van der Waals surface area contributed by atoms with Crippen LogP contribution in [0, 0.1) is 43.4 Å². The van der Waals surface area contributed by atoms with Crippen LogP contribution in [0.4, 0.5) is 0 Å². The van der Waals surface area contributed by atoms with E-state index in [1.165, 1.54) is 32.1 Å². The minimum Gasteiger partial charge on any atom is -0.208 e. The van der Waals surface area contributed by atoms with Crippen molar-refractivity contribution in [3.05, 3.63) is 29.3 Å². The molecule has 1 aromatic carbocycles. The van der Waals surface area contributed by atoms with Crippen LogP contribution in [0.15, 0.2) is 23.1 Å². The van der Waals surface area contributed by atoms with Gasteiger partial charge >= 0.3 is 0 Å². The van der Waals surface area contributed by atoms with E-state index in [1.54, 1.807) is 6.07 Å². The second-order valence-corrected chi connectivity index (χ2v) is 10.4. The van der Waals surface area contributed by atoms with E-state index in [4.69, 9.17) is 0 Å². The highest BCUT2D eigenvalue weighted by molar-refractivity contribution is 7.89. The van der Waals surface area contributed by atoms with Gasteiger partial charge in [-0.3, -0.25) is 0 Å². The molecule has 24 heavy (non-hydrogen) atoms. The molecule has 132 valence electrons. The first kappa shape index (κ1) is 16.6. The second-order valence-electron chi connectivity index (χ2n) is 8.69. The summed E-state index contributed by atoms with van der Waals surface area (Å²) >= 11 is 0. The Balaban J connectivity index is 1.54. The standard InChI is InChI=1S/C20H29NO2S/c1-12-4-5-19(13(2)6-12)24(22,23)21-14(3)20-17-8-15-7-16(10-17)11-18(20)9-15/h4-6,14-18,20-21H,7-11H2,1-3H3/t14-,15?,16?,17?,18?,20?/m0/s1. The molecule has 4 heteroatoms. The number of nitrogens with one attached hydrogen (secondary N) is 1. The van der Waals surface area contributed by atoms with Gasteiger partial charge in [-0.25, -0.2) is 13.1 Å². The van der Waals surface area contributed by atoms with Crippen LogP contribution in [0.2, 0.25) is 0 Å². The Morgan fingerprint density at radius 1 is 1.00 bits per heavy atom. The predicted octanol–water partition coefficient (Wildman–Crippen LogP) is 4.04. The average Bonchev–Trinajstić information content (AvgIpc) is 2.44. The molecule has 0 spiro atoms. The van der Waals surface area contributed by atoms with Crippen molar-refractivity contribution in [3.8, 4) is 0 Å². The van der Waals surface area contributed by atoms with Crippen molar-refractivity contribution >= 4 is 10.0 Å². The summed E-state index contributed by atoms with van der Waals surface area (Å²) in [4.78, 5) is 0.434. The minimum atomic E-state index is -3.44. The molecule has 0 aromatic heterocycles. The molecule has 1 N–H and O–H groups in total. The monoisotopic (exact) mass is 347 g/mol. The van der Waals surface area contributed by atoms with Crippen molar-refractivity contribution in [1.29, 1.82) is 0 Å². The van der Waals surface area contributed by atoms with E-state index in [9.17, 15) is 8.42 Å². The van der Waals surface area contributed by atoms with Gasteiger partial charge in [-0.2, -0.15) is 0 Å². The van der Waals surface area contributed by atoms with Crippen LogP contribution in [-0.2, 0) is 10.0 Å². The SMILES string of the molecule is Cc1ccc(S(=O)(=O)N[C@@H](C)C2C3CC4CC(C3)CC2C4)c(C)c1. The van der Waals surface area contributed by atoms with Crippen LogP contribution >= 0.6 is 0 Å². The van der Waals surface area contributed by atoms with Crippen molar-refractivity contribution in [2.75, 3.05) is 0 Å². The van der Waals surface area contributed by atoms with Crippen molar-refractivity contribution in [2.24, 2.45) is 29.6 Å². The molecule has 3 nitrogen and oxygen atoms in total. The lowest BCUT2D eigenvalue weighted by atomic mass is 9.51. The van der Waals surface area contributed by atoms with Gasteiger partial charge in [0.2, 0.25) is 10.0 Å². The molecule has 0 amide bonds. The molecule has 5 rings (SSSR count). The molecule has 0 aliphatic heterocycles. The Hall–Kier alpha value is -0.870. The van der Waals surface area contributed by atoms with E-state index in [-0.39, 0.29) is 6.04 Å². The van der Waals surface area contributed by atoms with Gasteiger partial charge in [0.05, 0.1) is 4.90 Å². The predicted molar refractivity (Wildman–Crippen MR) is 96.2 cm³/mol. The van der Waals surface area contributed by atoms with Gasteiger partial charge in [-0.15, -0.1) is 0 Å². The van der Waals surface area contributed by atoms with E-state index in [1.807, 2.05) is 26.0 Å². The zero-order chi connectivity index (χ0) is 17.1. The molecule has 4 aliphatic rings.